The first-order chi connectivity index (χ1) is 5.86. The van der Waals surface area contributed by atoms with E-state index in [0.29, 0.717) is 0 Å². The quantitative estimate of drug-likeness (QED) is 0.552. The van der Waals surface area contributed by atoms with Gasteiger partial charge in [0.2, 0.25) is 0 Å². The number of piperazine rings is 1. The molecule has 1 saturated heterocycles. The van der Waals surface area contributed by atoms with Crippen LogP contribution in [0.1, 0.15) is 0 Å². The lowest BCUT2D eigenvalue weighted by atomic mass is 10.3. The van der Waals surface area contributed by atoms with E-state index in [9.17, 15) is 4.21 Å². The van der Waals surface area contributed by atoms with E-state index in [1.807, 2.05) is 6.08 Å². The number of nitrogens with one attached hydrogen (secondary N) is 1. The molecule has 1 unspecified atom stereocenters. The van der Waals surface area contributed by atoms with Gasteiger partial charge in [0.25, 0.3) is 0 Å². The standard InChI is InChI=1S/C7H11N3OS/c11-12-6-1-7(9-12)10-4-2-8-3-5-10/h1,6,8H,2-5H2. The zero-order valence-corrected chi connectivity index (χ0v) is 7.51. The summed E-state index contributed by atoms with van der Waals surface area (Å²) in [5, 5.41) is 4.88. The van der Waals surface area contributed by atoms with Crippen LogP contribution in [0.4, 0.5) is 0 Å². The summed E-state index contributed by atoms with van der Waals surface area (Å²) in [5.74, 6) is 0.870. The second-order valence-corrected chi connectivity index (χ2v) is 3.77. The molecule has 66 valence electrons. The minimum atomic E-state index is -1.11. The van der Waals surface area contributed by atoms with E-state index in [0.717, 1.165) is 32.0 Å². The van der Waals surface area contributed by atoms with Crippen molar-refractivity contribution in [2.75, 3.05) is 26.2 Å². The Balaban J connectivity index is 2.04. The Labute approximate surface area is 73.9 Å². The Morgan fingerprint density at radius 1 is 1.50 bits per heavy atom. The van der Waals surface area contributed by atoms with Gasteiger partial charge in [-0.1, -0.05) is 0 Å². The molecule has 2 aliphatic rings. The van der Waals surface area contributed by atoms with Gasteiger partial charge in [-0.05, 0) is 6.08 Å². The van der Waals surface area contributed by atoms with Crippen LogP contribution in [0.15, 0.2) is 15.9 Å². The maximum atomic E-state index is 10.9. The van der Waals surface area contributed by atoms with E-state index in [4.69, 9.17) is 0 Å². The van der Waals surface area contributed by atoms with Crippen molar-refractivity contribution in [3.63, 3.8) is 0 Å². The summed E-state index contributed by atoms with van der Waals surface area (Å²) in [6.45, 7) is 3.89. The van der Waals surface area contributed by atoms with Crippen molar-refractivity contribution < 1.29 is 4.21 Å². The maximum absolute atomic E-state index is 10.9. The molecule has 0 spiro atoms. The fourth-order valence-electron chi connectivity index (χ4n) is 1.33. The molecule has 2 rings (SSSR count). The van der Waals surface area contributed by atoms with Gasteiger partial charge in [0.1, 0.15) is 5.84 Å². The van der Waals surface area contributed by atoms with Gasteiger partial charge in [-0.3, -0.25) is 0 Å². The van der Waals surface area contributed by atoms with Crippen LogP contribution in [0, 0.1) is 0 Å². The third-order valence-corrected chi connectivity index (χ3v) is 2.69. The Morgan fingerprint density at radius 2 is 2.25 bits per heavy atom. The average molecular weight is 185 g/mol. The fraction of sp³-hybridized carbons (Fsp3) is 0.571. The number of hydrogen-bond donors (Lipinski definition) is 1. The highest BCUT2D eigenvalue weighted by molar-refractivity contribution is 7.87. The molecule has 0 aliphatic carbocycles. The summed E-state index contributed by atoms with van der Waals surface area (Å²) in [6.07, 6.45) is 1.83. The molecular weight excluding hydrogens is 174 g/mol. The predicted molar refractivity (Wildman–Crippen MR) is 49.2 cm³/mol. The summed E-state index contributed by atoms with van der Waals surface area (Å²) < 4.78 is 14.9. The van der Waals surface area contributed by atoms with E-state index in [1.165, 1.54) is 0 Å². The first-order valence-corrected chi connectivity index (χ1v) is 5.16. The van der Waals surface area contributed by atoms with E-state index in [1.54, 1.807) is 5.41 Å². The van der Waals surface area contributed by atoms with E-state index < -0.39 is 11.0 Å². The molecule has 0 aromatic carbocycles. The topological polar surface area (TPSA) is 44.7 Å². The lowest BCUT2D eigenvalue weighted by Crippen LogP contribution is -2.45. The Kier molecular flexibility index (Phi) is 2.23. The van der Waals surface area contributed by atoms with Crippen molar-refractivity contribution >= 4 is 16.8 Å². The Bertz CT molecular complexity index is 255. The van der Waals surface area contributed by atoms with Crippen LogP contribution in [-0.2, 0) is 11.0 Å². The molecule has 1 atom stereocenters. The largest absolute Gasteiger partial charge is 0.353 e. The molecule has 0 bridgehead atoms. The lowest BCUT2D eigenvalue weighted by molar-refractivity contribution is 0.360. The smallest absolute Gasteiger partial charge is 0.167 e. The molecule has 12 heavy (non-hydrogen) atoms. The van der Waals surface area contributed by atoms with E-state index in [2.05, 4.69) is 14.6 Å². The van der Waals surface area contributed by atoms with Crippen molar-refractivity contribution in [3.8, 4) is 0 Å². The van der Waals surface area contributed by atoms with Gasteiger partial charge in [0.15, 0.2) is 11.0 Å². The van der Waals surface area contributed by atoms with Crippen molar-refractivity contribution in [2.24, 2.45) is 4.40 Å². The normalized spacial score (nSPS) is 29.2. The molecule has 5 heteroatoms. The Morgan fingerprint density at radius 3 is 2.83 bits per heavy atom. The number of nitrogens with zero attached hydrogens (tertiary/aromatic N) is 2. The molecule has 1 fully saturated rings. The van der Waals surface area contributed by atoms with Crippen LogP contribution in [0.2, 0.25) is 0 Å². The Hall–Kier alpha value is -0.680. The summed E-state index contributed by atoms with van der Waals surface area (Å²) >= 11 is 0. The van der Waals surface area contributed by atoms with Gasteiger partial charge in [0.05, 0.1) is 0 Å². The van der Waals surface area contributed by atoms with Gasteiger partial charge < -0.3 is 10.2 Å². The highest BCUT2D eigenvalue weighted by Gasteiger charge is 2.15. The summed E-state index contributed by atoms with van der Waals surface area (Å²) in [4.78, 5) is 2.15. The molecule has 2 heterocycles. The molecular formula is C7H11N3OS. The summed E-state index contributed by atoms with van der Waals surface area (Å²) in [6, 6.07) is 0. The zero-order chi connectivity index (χ0) is 8.39. The van der Waals surface area contributed by atoms with Crippen LogP contribution in [0.25, 0.3) is 0 Å². The van der Waals surface area contributed by atoms with Crippen molar-refractivity contribution in [1.29, 1.82) is 0 Å². The van der Waals surface area contributed by atoms with Crippen molar-refractivity contribution in [3.05, 3.63) is 11.5 Å². The molecule has 0 aromatic heterocycles. The number of hydrogen-bond acceptors (Lipinski definition) is 3. The first kappa shape index (κ1) is 7.94. The van der Waals surface area contributed by atoms with Gasteiger partial charge in [-0.2, -0.15) is 4.40 Å². The minimum Gasteiger partial charge on any atom is -0.353 e. The van der Waals surface area contributed by atoms with Gasteiger partial charge in [0, 0.05) is 31.6 Å². The minimum absolute atomic E-state index is 0.870. The lowest BCUT2D eigenvalue weighted by Gasteiger charge is -2.27. The molecule has 0 radical (unpaired) electrons. The molecule has 4 nitrogen and oxygen atoms in total. The monoisotopic (exact) mass is 185 g/mol. The van der Waals surface area contributed by atoms with Crippen LogP contribution >= 0.6 is 0 Å². The van der Waals surface area contributed by atoms with E-state index >= 15 is 0 Å². The molecule has 0 aromatic rings. The van der Waals surface area contributed by atoms with Crippen LogP contribution < -0.4 is 5.32 Å². The molecule has 0 saturated carbocycles. The zero-order valence-electron chi connectivity index (χ0n) is 6.69. The molecule has 2 aliphatic heterocycles. The molecule has 1 N–H and O–H groups in total. The second kappa shape index (κ2) is 3.37. The highest BCUT2D eigenvalue weighted by Crippen LogP contribution is 2.05. The van der Waals surface area contributed by atoms with Crippen LogP contribution in [-0.4, -0.2) is 41.1 Å². The highest BCUT2D eigenvalue weighted by atomic mass is 32.2. The second-order valence-electron chi connectivity index (χ2n) is 2.77. The fourth-order valence-corrected chi connectivity index (χ4v) is 1.99. The van der Waals surface area contributed by atoms with Crippen molar-refractivity contribution in [1.82, 2.24) is 10.2 Å². The average Bonchev–Trinajstić information content (AvgIpc) is 2.54. The summed E-state index contributed by atoms with van der Waals surface area (Å²) in [7, 11) is -1.11. The van der Waals surface area contributed by atoms with Crippen LogP contribution in [0.5, 0.6) is 0 Å². The third kappa shape index (κ3) is 1.56. The van der Waals surface area contributed by atoms with Gasteiger partial charge in [-0.25, -0.2) is 4.21 Å². The molecule has 0 amide bonds. The first-order valence-electron chi connectivity index (χ1n) is 3.99. The maximum Gasteiger partial charge on any atom is 0.167 e. The van der Waals surface area contributed by atoms with Crippen LogP contribution in [0.3, 0.4) is 0 Å². The third-order valence-electron chi connectivity index (χ3n) is 1.96. The SMILES string of the molecule is O=S1C=CC(N2CCNCC2)=N1. The number of rotatable bonds is 0. The van der Waals surface area contributed by atoms with Gasteiger partial charge in [-0.15, -0.1) is 0 Å². The van der Waals surface area contributed by atoms with Crippen molar-refractivity contribution in [2.45, 2.75) is 0 Å². The summed E-state index contributed by atoms with van der Waals surface area (Å²) in [5.41, 5.74) is 0. The number of amidine groups is 1. The van der Waals surface area contributed by atoms with E-state index in [-0.39, 0.29) is 0 Å². The van der Waals surface area contributed by atoms with Gasteiger partial charge >= 0.3 is 0 Å². The predicted octanol–water partition coefficient (Wildman–Crippen LogP) is -0.519.